The van der Waals surface area contributed by atoms with E-state index in [1.54, 1.807) is 31.2 Å². The number of aliphatic hydroxyl groups is 1. The van der Waals surface area contributed by atoms with E-state index in [4.69, 9.17) is 5.11 Å². The number of aliphatic hydroxyl groups excluding tert-OH is 1. The fourth-order valence-corrected chi connectivity index (χ4v) is 2.57. The normalized spacial score (nSPS) is 11.1. The molecule has 25 heavy (non-hydrogen) atoms. The quantitative estimate of drug-likeness (QED) is 0.730. The number of nitrogens with zero attached hydrogens (tertiary/aromatic N) is 3. The summed E-state index contributed by atoms with van der Waals surface area (Å²) in [5, 5.41) is 16.2. The third-order valence-electron chi connectivity index (χ3n) is 3.79. The minimum atomic E-state index is -0.411. The molecule has 6 nitrogen and oxygen atoms in total. The first-order valence-corrected chi connectivity index (χ1v) is 8.49. The van der Waals surface area contributed by atoms with Crippen LogP contribution in [0.25, 0.3) is 5.69 Å². The molecule has 0 saturated carbocycles. The lowest BCUT2D eigenvalue weighted by atomic mass is 10.3. The maximum absolute atomic E-state index is 14.0. The van der Waals surface area contributed by atoms with Gasteiger partial charge in [0.15, 0.2) is 0 Å². The Morgan fingerprint density at radius 3 is 2.80 bits per heavy atom. The van der Waals surface area contributed by atoms with Gasteiger partial charge in [-0.05, 0) is 32.0 Å². The molecule has 0 atom stereocenters. The summed E-state index contributed by atoms with van der Waals surface area (Å²) in [4.78, 5) is 14.3. The summed E-state index contributed by atoms with van der Waals surface area (Å²) in [6, 6.07) is 7.98. The highest BCUT2D eigenvalue weighted by Crippen LogP contribution is 2.19. The Bertz CT molecular complexity index is 702. The molecule has 2 aromatic rings. The van der Waals surface area contributed by atoms with Gasteiger partial charge in [-0.1, -0.05) is 25.5 Å². The Hall–Kier alpha value is -2.25. The van der Waals surface area contributed by atoms with Gasteiger partial charge in [-0.2, -0.15) is 5.10 Å². The molecular formula is C18H25FN4O2. The number of aryl methyl sites for hydroxylation is 1. The molecule has 0 unspecified atom stereocenters. The van der Waals surface area contributed by atoms with Crippen molar-refractivity contribution in [3.8, 4) is 5.69 Å². The predicted molar refractivity (Wildman–Crippen MR) is 95.3 cm³/mol. The zero-order valence-electron chi connectivity index (χ0n) is 14.7. The Morgan fingerprint density at radius 2 is 2.12 bits per heavy atom. The lowest BCUT2D eigenvalue weighted by molar-refractivity contribution is -0.117. The molecule has 1 amide bonds. The molecule has 7 heteroatoms. The number of benzene rings is 1. The number of aromatic nitrogens is 2. The number of carbonyl (C=O) groups is 1. The predicted octanol–water partition coefficient (Wildman–Crippen LogP) is 2.35. The molecule has 0 fully saturated rings. The number of para-hydroxylation sites is 1. The molecule has 0 radical (unpaired) electrons. The molecular weight excluding hydrogens is 323 g/mol. The van der Waals surface area contributed by atoms with Gasteiger partial charge in [-0.15, -0.1) is 0 Å². The van der Waals surface area contributed by atoms with Crippen molar-refractivity contribution in [3.05, 3.63) is 41.8 Å². The fraction of sp³-hybridized carbons (Fsp3) is 0.444. The molecule has 0 saturated heterocycles. The largest absolute Gasteiger partial charge is 0.395 e. The van der Waals surface area contributed by atoms with Crippen molar-refractivity contribution in [2.45, 2.75) is 26.7 Å². The Balaban J connectivity index is 2.12. The highest BCUT2D eigenvalue weighted by Gasteiger charge is 2.15. The van der Waals surface area contributed by atoms with E-state index in [0.29, 0.717) is 18.1 Å². The number of amides is 1. The number of anilines is 1. The molecule has 1 aromatic heterocycles. The lowest BCUT2D eigenvalue weighted by Crippen LogP contribution is -2.36. The van der Waals surface area contributed by atoms with Gasteiger partial charge in [0.05, 0.1) is 18.8 Å². The van der Waals surface area contributed by atoms with Crippen LogP contribution >= 0.6 is 0 Å². The molecule has 136 valence electrons. The fourth-order valence-electron chi connectivity index (χ4n) is 2.57. The minimum absolute atomic E-state index is 0.00324. The summed E-state index contributed by atoms with van der Waals surface area (Å²) in [6.45, 7) is 5.22. The van der Waals surface area contributed by atoms with Gasteiger partial charge < -0.3 is 10.4 Å². The highest BCUT2D eigenvalue weighted by molar-refractivity contribution is 5.91. The van der Waals surface area contributed by atoms with E-state index >= 15 is 0 Å². The van der Waals surface area contributed by atoms with Gasteiger partial charge in [0.2, 0.25) is 5.91 Å². The van der Waals surface area contributed by atoms with Gasteiger partial charge in [-0.25, -0.2) is 9.07 Å². The molecule has 0 bridgehead atoms. The van der Waals surface area contributed by atoms with Crippen molar-refractivity contribution in [1.82, 2.24) is 14.7 Å². The summed E-state index contributed by atoms with van der Waals surface area (Å²) in [6.07, 6.45) is 1.97. The number of unbranched alkanes of at least 4 members (excludes halogenated alkanes) is 1. The van der Waals surface area contributed by atoms with Crippen LogP contribution < -0.4 is 5.32 Å². The second-order valence-corrected chi connectivity index (χ2v) is 5.94. The van der Waals surface area contributed by atoms with Crippen LogP contribution in [0, 0.1) is 12.7 Å². The molecule has 0 aliphatic carbocycles. The van der Waals surface area contributed by atoms with E-state index < -0.39 is 5.82 Å². The van der Waals surface area contributed by atoms with Crippen molar-refractivity contribution in [2.24, 2.45) is 0 Å². The van der Waals surface area contributed by atoms with E-state index in [1.807, 2.05) is 4.90 Å². The second kappa shape index (κ2) is 9.29. The first kappa shape index (κ1) is 19.1. The number of rotatable bonds is 9. The standard InChI is InChI=1S/C18H25FN4O2/c1-3-4-9-22(10-11-24)13-18(25)20-17-12-14(2)21-23(17)16-8-6-5-7-15(16)19/h5-8,12,24H,3-4,9-11,13H2,1-2H3,(H,20,25). The highest BCUT2D eigenvalue weighted by atomic mass is 19.1. The summed E-state index contributed by atoms with van der Waals surface area (Å²) >= 11 is 0. The Labute approximate surface area is 147 Å². The average Bonchev–Trinajstić information content (AvgIpc) is 2.93. The topological polar surface area (TPSA) is 70.4 Å². The van der Waals surface area contributed by atoms with E-state index in [9.17, 15) is 9.18 Å². The smallest absolute Gasteiger partial charge is 0.239 e. The van der Waals surface area contributed by atoms with Crippen LogP contribution in [0.4, 0.5) is 10.2 Å². The first-order chi connectivity index (χ1) is 12.0. The number of nitrogens with one attached hydrogen (secondary N) is 1. The number of hydrogen-bond donors (Lipinski definition) is 2. The maximum Gasteiger partial charge on any atom is 0.239 e. The van der Waals surface area contributed by atoms with Gasteiger partial charge in [0, 0.05) is 12.6 Å². The molecule has 0 aliphatic rings. The molecule has 0 aliphatic heterocycles. The summed E-state index contributed by atoms with van der Waals surface area (Å²) in [7, 11) is 0. The van der Waals surface area contributed by atoms with E-state index in [0.717, 1.165) is 19.4 Å². The lowest BCUT2D eigenvalue weighted by Gasteiger charge is -2.20. The monoisotopic (exact) mass is 348 g/mol. The van der Waals surface area contributed by atoms with Crippen LogP contribution in [0.2, 0.25) is 0 Å². The SMILES string of the molecule is CCCCN(CCO)CC(=O)Nc1cc(C)nn1-c1ccccc1F. The summed E-state index contributed by atoms with van der Waals surface area (Å²) < 4.78 is 15.4. The van der Waals surface area contributed by atoms with Crippen molar-refractivity contribution in [1.29, 1.82) is 0 Å². The van der Waals surface area contributed by atoms with Crippen LogP contribution in [0.1, 0.15) is 25.5 Å². The number of hydrogen-bond acceptors (Lipinski definition) is 4. The second-order valence-electron chi connectivity index (χ2n) is 5.94. The minimum Gasteiger partial charge on any atom is -0.395 e. The van der Waals surface area contributed by atoms with Crippen molar-refractivity contribution in [3.63, 3.8) is 0 Å². The van der Waals surface area contributed by atoms with Crippen LogP contribution in [0.5, 0.6) is 0 Å². The Morgan fingerprint density at radius 1 is 1.36 bits per heavy atom. The molecule has 0 spiro atoms. The first-order valence-electron chi connectivity index (χ1n) is 8.49. The van der Waals surface area contributed by atoms with Gasteiger partial charge >= 0.3 is 0 Å². The maximum atomic E-state index is 14.0. The van der Waals surface area contributed by atoms with Crippen molar-refractivity contribution < 1.29 is 14.3 Å². The summed E-state index contributed by atoms with van der Waals surface area (Å²) in [5.74, 6) is -0.208. The zero-order valence-corrected chi connectivity index (χ0v) is 14.7. The molecule has 1 heterocycles. The summed E-state index contributed by atoms with van der Waals surface area (Å²) in [5.41, 5.74) is 0.959. The number of carbonyl (C=O) groups excluding carboxylic acids is 1. The van der Waals surface area contributed by atoms with E-state index in [2.05, 4.69) is 17.3 Å². The van der Waals surface area contributed by atoms with Gasteiger partial charge in [0.25, 0.3) is 0 Å². The van der Waals surface area contributed by atoms with Gasteiger partial charge in [-0.3, -0.25) is 9.69 Å². The molecule has 2 N–H and O–H groups in total. The van der Waals surface area contributed by atoms with E-state index in [1.165, 1.54) is 10.7 Å². The molecule has 1 aromatic carbocycles. The Kier molecular flexibility index (Phi) is 7.09. The van der Waals surface area contributed by atoms with Crippen LogP contribution in [0.3, 0.4) is 0 Å². The van der Waals surface area contributed by atoms with Crippen LogP contribution in [-0.2, 0) is 4.79 Å². The zero-order chi connectivity index (χ0) is 18.2. The van der Waals surface area contributed by atoms with Crippen LogP contribution in [-0.4, -0.2) is 51.9 Å². The average molecular weight is 348 g/mol. The number of halogens is 1. The van der Waals surface area contributed by atoms with Crippen molar-refractivity contribution in [2.75, 3.05) is 31.6 Å². The van der Waals surface area contributed by atoms with Crippen LogP contribution in [0.15, 0.2) is 30.3 Å². The van der Waals surface area contributed by atoms with E-state index in [-0.39, 0.29) is 24.7 Å². The van der Waals surface area contributed by atoms with Gasteiger partial charge in [0.1, 0.15) is 17.3 Å². The molecule has 2 rings (SSSR count). The van der Waals surface area contributed by atoms with Crippen molar-refractivity contribution >= 4 is 11.7 Å². The third kappa shape index (κ3) is 5.37. The third-order valence-corrected chi connectivity index (χ3v) is 3.79.